The van der Waals surface area contributed by atoms with Crippen LogP contribution in [0.5, 0.6) is 0 Å². The van der Waals surface area contributed by atoms with E-state index in [1.54, 1.807) is 18.3 Å². The van der Waals surface area contributed by atoms with Gasteiger partial charge in [-0.1, -0.05) is 12.1 Å². The van der Waals surface area contributed by atoms with Gasteiger partial charge in [0.15, 0.2) is 5.96 Å². The van der Waals surface area contributed by atoms with Crippen molar-refractivity contribution in [3.63, 3.8) is 0 Å². The third-order valence-corrected chi connectivity index (χ3v) is 5.11. The van der Waals surface area contributed by atoms with Crippen molar-refractivity contribution >= 4 is 29.7 Å². The molecule has 2 aliphatic rings. The van der Waals surface area contributed by atoms with E-state index in [1.165, 1.54) is 12.1 Å². The first-order valence-corrected chi connectivity index (χ1v) is 9.64. The second kappa shape index (κ2) is 13.1. The number of amides is 2. The van der Waals surface area contributed by atoms with E-state index >= 15 is 0 Å². The third-order valence-electron chi connectivity index (χ3n) is 5.11. The van der Waals surface area contributed by atoms with E-state index in [0.29, 0.717) is 12.8 Å². The molecule has 2 aliphatic heterocycles. The molecule has 164 valence electrons. The number of nitrogens with zero attached hydrogens (tertiary/aromatic N) is 1. The Labute approximate surface area is 234 Å². The molecule has 0 aromatic heterocycles. The van der Waals surface area contributed by atoms with E-state index in [2.05, 4.69) is 20.9 Å². The predicted octanol–water partition coefficient (Wildman–Crippen LogP) is -9.12. The van der Waals surface area contributed by atoms with Crippen molar-refractivity contribution in [2.24, 2.45) is 16.6 Å². The third kappa shape index (κ3) is 7.83. The van der Waals surface area contributed by atoms with Gasteiger partial charge < -0.3 is 36.2 Å². The Kier molecular flexibility index (Phi) is 11.6. The zero-order valence-corrected chi connectivity index (χ0v) is 22.4. The predicted molar refractivity (Wildman–Crippen MR) is 104 cm³/mol. The first kappa shape index (κ1) is 29.1. The van der Waals surface area contributed by atoms with E-state index in [9.17, 15) is 29.4 Å². The smallest absolute Gasteiger partial charge is 0.550 e. The van der Waals surface area contributed by atoms with E-state index in [-0.39, 0.29) is 83.0 Å². The molecule has 13 heteroatoms. The van der Waals surface area contributed by atoms with Gasteiger partial charge in [-0.3, -0.25) is 14.9 Å². The second-order valence-electron chi connectivity index (χ2n) is 7.26. The Hall–Kier alpha value is -1.89. The number of carboxylic acid groups (broad SMARTS) is 2. The molecule has 2 heterocycles. The SMILES string of the molecule is NC1=NC2NC=C(CCc3ccc(C(=O)N[C@@H](CCC(=O)[O-])C(=O)[O-])cc3)C2C(=O)N1.[Na+].[Na+]. The minimum Gasteiger partial charge on any atom is -0.550 e. The quantitative estimate of drug-likeness (QED) is 0.254. The van der Waals surface area contributed by atoms with Gasteiger partial charge in [-0.25, -0.2) is 4.99 Å². The topological polar surface area (TPSA) is 189 Å². The number of aliphatic imine (C=N–C) groups is 1. The van der Waals surface area contributed by atoms with Crippen LogP contribution in [0.2, 0.25) is 0 Å². The van der Waals surface area contributed by atoms with Gasteiger partial charge >= 0.3 is 59.1 Å². The van der Waals surface area contributed by atoms with Crippen LogP contribution in [-0.4, -0.2) is 41.9 Å². The van der Waals surface area contributed by atoms with E-state index in [4.69, 9.17) is 5.73 Å². The molecule has 0 fully saturated rings. The molecule has 5 N–H and O–H groups in total. The number of carbonyl (C=O) groups excluding carboxylic acids is 4. The van der Waals surface area contributed by atoms with E-state index in [1.807, 2.05) is 0 Å². The van der Waals surface area contributed by atoms with Gasteiger partial charge in [0.05, 0.1) is 12.0 Å². The van der Waals surface area contributed by atoms with Gasteiger partial charge in [-0.05, 0) is 55.2 Å². The molecule has 0 bridgehead atoms. The van der Waals surface area contributed by atoms with Crippen LogP contribution < -0.4 is 91.0 Å². The molecule has 2 unspecified atom stereocenters. The monoisotopic (exact) mass is 473 g/mol. The van der Waals surface area contributed by atoms with Gasteiger partial charge in [0, 0.05) is 11.5 Å². The second-order valence-corrected chi connectivity index (χ2v) is 7.26. The molecule has 0 aliphatic carbocycles. The van der Waals surface area contributed by atoms with Crippen molar-refractivity contribution in [1.29, 1.82) is 0 Å². The Bertz CT molecular complexity index is 966. The summed E-state index contributed by atoms with van der Waals surface area (Å²) < 4.78 is 0. The van der Waals surface area contributed by atoms with Crippen molar-refractivity contribution in [3.8, 4) is 0 Å². The molecule has 3 atom stereocenters. The fourth-order valence-corrected chi connectivity index (χ4v) is 3.48. The number of nitrogens with two attached hydrogens (primary N) is 1. The maximum absolute atomic E-state index is 12.3. The Morgan fingerprint density at radius 3 is 2.39 bits per heavy atom. The average molecular weight is 473 g/mol. The largest absolute Gasteiger partial charge is 1.00 e. The summed E-state index contributed by atoms with van der Waals surface area (Å²) in [6.07, 6.45) is 1.73. The zero-order chi connectivity index (χ0) is 22.5. The van der Waals surface area contributed by atoms with Crippen LogP contribution in [0.15, 0.2) is 41.0 Å². The number of guanidine groups is 1. The average Bonchev–Trinajstić information content (AvgIpc) is 3.12. The maximum Gasteiger partial charge on any atom is 1.00 e. The van der Waals surface area contributed by atoms with Crippen molar-refractivity contribution in [2.45, 2.75) is 37.9 Å². The van der Waals surface area contributed by atoms with Gasteiger partial charge in [-0.2, -0.15) is 0 Å². The molecular weight excluding hydrogens is 452 g/mol. The Balaban J connectivity index is 0.00000272. The van der Waals surface area contributed by atoms with Crippen LogP contribution in [-0.2, 0) is 20.8 Å². The molecule has 33 heavy (non-hydrogen) atoms. The number of fused-ring (bicyclic) bond motifs is 1. The maximum atomic E-state index is 12.3. The molecule has 11 nitrogen and oxygen atoms in total. The number of hydrogen-bond donors (Lipinski definition) is 4. The number of carbonyl (C=O) groups is 4. The van der Waals surface area contributed by atoms with Gasteiger partial charge in [0.25, 0.3) is 5.91 Å². The molecule has 0 saturated carbocycles. The number of nitrogens with one attached hydrogen (secondary N) is 3. The Morgan fingerprint density at radius 1 is 1.12 bits per heavy atom. The van der Waals surface area contributed by atoms with Crippen molar-refractivity contribution in [2.75, 3.05) is 0 Å². The molecule has 1 aromatic rings. The summed E-state index contributed by atoms with van der Waals surface area (Å²) in [5.41, 5.74) is 7.59. The molecule has 1 aromatic carbocycles. The van der Waals surface area contributed by atoms with Gasteiger partial charge in [0.1, 0.15) is 12.1 Å². The number of carboxylic acids is 2. The first-order chi connectivity index (χ1) is 14.7. The van der Waals surface area contributed by atoms with Crippen molar-refractivity contribution in [1.82, 2.24) is 16.0 Å². The fraction of sp³-hybridized carbons (Fsp3) is 0.350. The number of aliphatic carboxylic acids is 2. The van der Waals surface area contributed by atoms with Crippen LogP contribution in [0, 0.1) is 5.92 Å². The summed E-state index contributed by atoms with van der Waals surface area (Å²) in [5.74, 6) is -4.17. The number of rotatable bonds is 9. The number of hydrogen-bond acceptors (Lipinski definition) is 9. The van der Waals surface area contributed by atoms with E-state index in [0.717, 1.165) is 11.1 Å². The molecule has 0 radical (unpaired) electrons. The van der Waals surface area contributed by atoms with Crippen LogP contribution in [0.4, 0.5) is 0 Å². The van der Waals surface area contributed by atoms with Crippen LogP contribution in [0.3, 0.4) is 0 Å². The minimum absolute atomic E-state index is 0. The number of benzene rings is 1. The summed E-state index contributed by atoms with van der Waals surface area (Å²) in [7, 11) is 0. The summed E-state index contributed by atoms with van der Waals surface area (Å²) in [6, 6.07) is 5.10. The summed E-state index contributed by atoms with van der Waals surface area (Å²) >= 11 is 0. The summed E-state index contributed by atoms with van der Waals surface area (Å²) in [5, 5.41) is 29.4. The van der Waals surface area contributed by atoms with Crippen LogP contribution in [0.1, 0.15) is 35.2 Å². The minimum atomic E-state index is -1.57. The summed E-state index contributed by atoms with van der Waals surface area (Å²) in [4.78, 5) is 50.2. The van der Waals surface area contributed by atoms with Gasteiger partial charge in [0.2, 0.25) is 5.91 Å². The van der Waals surface area contributed by atoms with Crippen LogP contribution in [0.25, 0.3) is 0 Å². The Morgan fingerprint density at radius 2 is 1.79 bits per heavy atom. The van der Waals surface area contributed by atoms with Crippen molar-refractivity contribution in [3.05, 3.63) is 47.2 Å². The van der Waals surface area contributed by atoms with Crippen LogP contribution >= 0.6 is 0 Å². The van der Waals surface area contributed by atoms with E-state index < -0.39 is 42.4 Å². The fourth-order valence-electron chi connectivity index (χ4n) is 3.48. The standard InChI is InChI=1S/C20H23N5O6.2Na/c21-20-24-16-15(18(29)25-20)12(9-22-16)6-3-10-1-4-11(5-2-10)17(28)23-13(19(30)31)7-8-14(26)27;;/h1-2,4-5,9,13,15-16,22H,3,6-8H2,(H,23,28)(H,26,27)(H,30,31)(H3,21,24,25,29);;/q;2*+1/p-2/t13-,15?,16?;;/m0../s1. The molecule has 3 rings (SSSR count). The molecule has 0 spiro atoms. The molecule has 2 amide bonds. The number of aryl methyl sites for hydroxylation is 1. The summed E-state index contributed by atoms with van der Waals surface area (Å²) in [6.45, 7) is 0. The normalized spacial score (nSPS) is 19.2. The van der Waals surface area contributed by atoms with Gasteiger partial charge in [-0.15, -0.1) is 0 Å². The first-order valence-electron chi connectivity index (χ1n) is 9.64. The molecule has 0 saturated heterocycles. The molecular formula is C20H21N5Na2O6. The van der Waals surface area contributed by atoms with Crippen molar-refractivity contribution < 1.29 is 88.5 Å². The zero-order valence-electron chi connectivity index (χ0n) is 18.4.